The Morgan fingerprint density at radius 1 is 1.33 bits per heavy atom. The molecule has 2 atom stereocenters. The molecular formula is C18H28N2O4. The molecule has 0 aliphatic carbocycles. The second kappa shape index (κ2) is 8.46. The molecule has 1 saturated heterocycles. The molecule has 6 nitrogen and oxygen atoms in total. The monoisotopic (exact) mass is 336 g/mol. The number of aliphatic hydroxyl groups is 2. The van der Waals surface area contributed by atoms with E-state index in [-0.39, 0.29) is 31.0 Å². The maximum atomic E-state index is 12.9. The molecule has 134 valence electrons. The lowest BCUT2D eigenvalue weighted by molar-refractivity contribution is 0.0775. The predicted octanol–water partition coefficient (Wildman–Crippen LogP) is 0.608. The summed E-state index contributed by atoms with van der Waals surface area (Å²) >= 11 is 0. The van der Waals surface area contributed by atoms with Gasteiger partial charge < -0.3 is 24.7 Å². The second-order valence-electron chi connectivity index (χ2n) is 6.60. The molecule has 2 N–H and O–H groups in total. The van der Waals surface area contributed by atoms with Crippen LogP contribution in [0.25, 0.3) is 0 Å². The zero-order valence-electron chi connectivity index (χ0n) is 14.7. The molecule has 1 heterocycles. The van der Waals surface area contributed by atoms with Crippen LogP contribution in [0.4, 0.5) is 0 Å². The van der Waals surface area contributed by atoms with E-state index in [2.05, 4.69) is 0 Å². The first-order valence-corrected chi connectivity index (χ1v) is 8.34. The molecule has 0 bridgehead atoms. The molecule has 0 saturated carbocycles. The first-order valence-electron chi connectivity index (χ1n) is 8.34. The molecule has 24 heavy (non-hydrogen) atoms. The summed E-state index contributed by atoms with van der Waals surface area (Å²) < 4.78 is 5.35. The van der Waals surface area contributed by atoms with Gasteiger partial charge in [-0.2, -0.15) is 0 Å². The van der Waals surface area contributed by atoms with Crippen molar-refractivity contribution < 1.29 is 19.7 Å². The molecule has 1 aliphatic heterocycles. The molecule has 0 spiro atoms. The van der Waals surface area contributed by atoms with Gasteiger partial charge >= 0.3 is 0 Å². The van der Waals surface area contributed by atoms with Crippen molar-refractivity contribution in [3.8, 4) is 5.75 Å². The highest BCUT2D eigenvalue weighted by molar-refractivity contribution is 5.97. The minimum atomic E-state index is -0.0578. The normalized spacial score (nSPS) is 20.7. The van der Waals surface area contributed by atoms with Gasteiger partial charge in [-0.15, -0.1) is 0 Å². The lowest BCUT2D eigenvalue weighted by Crippen LogP contribution is -2.33. The smallest absolute Gasteiger partial charge is 0.257 e. The van der Waals surface area contributed by atoms with Gasteiger partial charge in [-0.25, -0.2) is 0 Å². The Morgan fingerprint density at radius 2 is 2.04 bits per heavy atom. The number of benzene rings is 1. The number of ether oxygens (including phenoxy) is 1. The van der Waals surface area contributed by atoms with E-state index in [1.165, 1.54) is 0 Å². The van der Waals surface area contributed by atoms with Crippen LogP contribution in [0.5, 0.6) is 5.75 Å². The van der Waals surface area contributed by atoms with Gasteiger partial charge in [0.25, 0.3) is 5.91 Å². The third-order valence-electron chi connectivity index (χ3n) is 4.71. The number of hydrogen-bond donors (Lipinski definition) is 2. The minimum Gasteiger partial charge on any atom is -0.496 e. The van der Waals surface area contributed by atoms with Crippen molar-refractivity contribution in [1.82, 2.24) is 9.80 Å². The van der Waals surface area contributed by atoms with Gasteiger partial charge in [-0.3, -0.25) is 4.79 Å². The van der Waals surface area contributed by atoms with Crippen molar-refractivity contribution in [2.24, 2.45) is 11.8 Å². The topological polar surface area (TPSA) is 73.2 Å². The number of amides is 1. The van der Waals surface area contributed by atoms with Crippen LogP contribution in [0.3, 0.4) is 0 Å². The summed E-state index contributed by atoms with van der Waals surface area (Å²) in [6.07, 6.45) is 0. The highest BCUT2D eigenvalue weighted by atomic mass is 16.5. The van der Waals surface area contributed by atoms with Gasteiger partial charge in [0.15, 0.2) is 0 Å². The standard InChI is InChI=1S/C18H28N2O4/c1-13-4-5-16(17(8-13)24-3)18(23)20-10-14(15(11-20)12-22)9-19(2)6-7-21/h4-5,8,14-15,21-22H,6-7,9-12H2,1-3H3/t14-,15-/m1/s1. The van der Waals surface area contributed by atoms with Gasteiger partial charge in [0.2, 0.25) is 0 Å². The van der Waals surface area contributed by atoms with Gasteiger partial charge in [-0.05, 0) is 37.6 Å². The lowest BCUT2D eigenvalue weighted by Gasteiger charge is -2.23. The molecule has 1 aromatic carbocycles. The van der Waals surface area contributed by atoms with Gasteiger partial charge in [0, 0.05) is 38.7 Å². The van der Waals surface area contributed by atoms with Crippen LogP contribution in [-0.4, -0.2) is 79.5 Å². The largest absolute Gasteiger partial charge is 0.496 e. The Balaban J connectivity index is 2.11. The first kappa shape index (κ1) is 18.7. The van der Waals surface area contributed by atoms with E-state index >= 15 is 0 Å². The Labute approximate surface area is 143 Å². The quantitative estimate of drug-likeness (QED) is 0.763. The lowest BCUT2D eigenvalue weighted by atomic mass is 9.96. The number of likely N-dealkylation sites (tertiary alicyclic amines) is 1. The van der Waals surface area contributed by atoms with Crippen LogP contribution in [0.15, 0.2) is 18.2 Å². The number of likely N-dealkylation sites (N-methyl/N-ethyl adjacent to an activating group) is 1. The third-order valence-corrected chi connectivity index (χ3v) is 4.71. The number of carbonyl (C=O) groups is 1. The zero-order valence-corrected chi connectivity index (χ0v) is 14.7. The number of rotatable bonds is 7. The molecule has 1 amide bonds. The Hall–Kier alpha value is -1.63. The van der Waals surface area contributed by atoms with Crippen molar-refractivity contribution >= 4 is 5.91 Å². The maximum absolute atomic E-state index is 12.9. The van der Waals surface area contributed by atoms with Gasteiger partial charge in [-0.1, -0.05) is 6.07 Å². The molecule has 0 aromatic heterocycles. The molecule has 2 rings (SSSR count). The van der Waals surface area contributed by atoms with Crippen LogP contribution < -0.4 is 4.74 Å². The third kappa shape index (κ3) is 4.26. The van der Waals surface area contributed by atoms with E-state index in [1.807, 2.05) is 31.0 Å². The Kier molecular flexibility index (Phi) is 6.60. The zero-order chi connectivity index (χ0) is 17.7. The number of carbonyl (C=O) groups excluding carboxylic acids is 1. The van der Waals surface area contributed by atoms with E-state index in [4.69, 9.17) is 9.84 Å². The molecule has 1 fully saturated rings. The summed E-state index contributed by atoms with van der Waals surface area (Å²) in [7, 11) is 3.51. The highest BCUT2D eigenvalue weighted by Crippen LogP contribution is 2.28. The first-order chi connectivity index (χ1) is 11.5. The summed E-state index contributed by atoms with van der Waals surface area (Å²) in [6, 6.07) is 5.57. The fourth-order valence-electron chi connectivity index (χ4n) is 3.33. The molecule has 6 heteroatoms. The van der Waals surface area contributed by atoms with E-state index in [0.717, 1.165) is 12.1 Å². The van der Waals surface area contributed by atoms with Crippen LogP contribution in [0.2, 0.25) is 0 Å². The van der Waals surface area contributed by atoms with Crippen molar-refractivity contribution in [3.05, 3.63) is 29.3 Å². The molecular weight excluding hydrogens is 308 g/mol. The van der Waals surface area contributed by atoms with Crippen LogP contribution in [0.1, 0.15) is 15.9 Å². The van der Waals surface area contributed by atoms with E-state index in [9.17, 15) is 9.90 Å². The number of hydrogen-bond acceptors (Lipinski definition) is 5. The Morgan fingerprint density at radius 3 is 2.67 bits per heavy atom. The van der Waals surface area contributed by atoms with Crippen LogP contribution >= 0.6 is 0 Å². The summed E-state index contributed by atoms with van der Waals surface area (Å²) in [5.74, 6) is 0.789. The van der Waals surface area contributed by atoms with E-state index in [1.54, 1.807) is 18.1 Å². The number of nitrogens with zero attached hydrogens (tertiary/aromatic N) is 2. The second-order valence-corrected chi connectivity index (χ2v) is 6.60. The minimum absolute atomic E-state index is 0.0578. The van der Waals surface area contributed by atoms with Gasteiger partial charge in [0.1, 0.15) is 5.75 Å². The SMILES string of the molecule is COc1cc(C)ccc1C(=O)N1C[C@@H](CN(C)CCO)[C@@H](CO)C1. The predicted molar refractivity (Wildman–Crippen MR) is 92.3 cm³/mol. The van der Waals surface area contributed by atoms with Gasteiger partial charge in [0.05, 0.1) is 19.3 Å². The number of aliphatic hydroxyl groups excluding tert-OH is 2. The number of aryl methyl sites for hydroxylation is 1. The van der Waals surface area contributed by atoms with Crippen molar-refractivity contribution in [1.29, 1.82) is 0 Å². The van der Waals surface area contributed by atoms with Crippen molar-refractivity contribution in [2.45, 2.75) is 6.92 Å². The fourth-order valence-corrected chi connectivity index (χ4v) is 3.33. The average molecular weight is 336 g/mol. The summed E-state index contributed by atoms with van der Waals surface area (Å²) in [6.45, 7) is 4.62. The average Bonchev–Trinajstić information content (AvgIpc) is 2.97. The van der Waals surface area contributed by atoms with Crippen molar-refractivity contribution in [2.75, 3.05) is 53.6 Å². The molecule has 1 aliphatic rings. The summed E-state index contributed by atoms with van der Waals surface area (Å²) in [5.41, 5.74) is 1.60. The molecule has 1 aromatic rings. The number of methoxy groups -OCH3 is 1. The summed E-state index contributed by atoms with van der Waals surface area (Å²) in [5, 5.41) is 18.7. The summed E-state index contributed by atoms with van der Waals surface area (Å²) in [4.78, 5) is 16.7. The van der Waals surface area contributed by atoms with Crippen LogP contribution in [-0.2, 0) is 0 Å². The maximum Gasteiger partial charge on any atom is 0.257 e. The highest BCUT2D eigenvalue weighted by Gasteiger charge is 2.36. The fraction of sp³-hybridized carbons (Fsp3) is 0.611. The Bertz CT molecular complexity index is 564. The van der Waals surface area contributed by atoms with E-state index in [0.29, 0.717) is 30.9 Å². The molecule has 0 radical (unpaired) electrons. The van der Waals surface area contributed by atoms with Crippen molar-refractivity contribution in [3.63, 3.8) is 0 Å². The molecule has 0 unspecified atom stereocenters. The van der Waals surface area contributed by atoms with E-state index < -0.39 is 0 Å². The van der Waals surface area contributed by atoms with Crippen LogP contribution in [0, 0.1) is 18.8 Å².